The zero-order valence-electron chi connectivity index (χ0n) is 12.7. The topological polar surface area (TPSA) is 42.1 Å². The van der Waals surface area contributed by atoms with Gasteiger partial charge in [0.1, 0.15) is 5.82 Å². The molecule has 1 aromatic carbocycles. The summed E-state index contributed by atoms with van der Waals surface area (Å²) in [5.41, 5.74) is 11.1. The standard InChI is InChI=1S/C18H23N3/c1-2-17-11-14(13-19)12-18(20-17)21-9-7-15-5-3-4-6-16(15)8-10-21/h3-6,11-12H,2,7-10,13,19H2,1H3. The molecule has 21 heavy (non-hydrogen) atoms. The summed E-state index contributed by atoms with van der Waals surface area (Å²) in [7, 11) is 0. The van der Waals surface area contributed by atoms with Crippen molar-refractivity contribution in [3.05, 3.63) is 58.8 Å². The first-order valence-electron chi connectivity index (χ1n) is 7.81. The normalized spacial score (nSPS) is 14.7. The number of rotatable bonds is 3. The minimum Gasteiger partial charge on any atom is -0.356 e. The molecule has 0 bridgehead atoms. The summed E-state index contributed by atoms with van der Waals surface area (Å²) >= 11 is 0. The van der Waals surface area contributed by atoms with Crippen molar-refractivity contribution in [2.45, 2.75) is 32.7 Å². The van der Waals surface area contributed by atoms with Crippen LogP contribution in [0.15, 0.2) is 36.4 Å². The highest BCUT2D eigenvalue weighted by molar-refractivity contribution is 5.45. The number of aryl methyl sites for hydroxylation is 1. The minimum atomic E-state index is 0.580. The average Bonchev–Trinajstić information content (AvgIpc) is 2.77. The first-order chi connectivity index (χ1) is 10.3. The molecule has 2 N–H and O–H groups in total. The molecule has 1 aromatic heterocycles. The molecule has 0 aliphatic carbocycles. The number of hydrogen-bond donors (Lipinski definition) is 1. The van der Waals surface area contributed by atoms with Crippen LogP contribution in [-0.4, -0.2) is 18.1 Å². The maximum Gasteiger partial charge on any atom is 0.129 e. The zero-order chi connectivity index (χ0) is 14.7. The number of hydrogen-bond acceptors (Lipinski definition) is 3. The molecule has 0 spiro atoms. The van der Waals surface area contributed by atoms with Gasteiger partial charge in [0, 0.05) is 25.3 Å². The summed E-state index contributed by atoms with van der Waals surface area (Å²) in [6.45, 7) is 4.78. The van der Waals surface area contributed by atoms with E-state index in [-0.39, 0.29) is 0 Å². The van der Waals surface area contributed by atoms with Crippen molar-refractivity contribution < 1.29 is 0 Å². The second kappa shape index (κ2) is 6.27. The van der Waals surface area contributed by atoms with Gasteiger partial charge in [-0.15, -0.1) is 0 Å². The number of anilines is 1. The molecule has 0 atom stereocenters. The Balaban J connectivity index is 1.85. The van der Waals surface area contributed by atoms with Crippen LogP contribution >= 0.6 is 0 Å². The van der Waals surface area contributed by atoms with E-state index < -0.39 is 0 Å². The fraction of sp³-hybridized carbons (Fsp3) is 0.389. The number of nitrogens with zero attached hydrogens (tertiary/aromatic N) is 2. The quantitative estimate of drug-likeness (QED) is 0.940. The second-order valence-electron chi connectivity index (χ2n) is 5.64. The van der Waals surface area contributed by atoms with Crippen LogP contribution in [0.2, 0.25) is 0 Å². The number of pyridine rings is 1. The Bertz CT molecular complexity index is 572. The Kier molecular flexibility index (Phi) is 4.20. The van der Waals surface area contributed by atoms with Crippen LogP contribution < -0.4 is 10.6 Å². The van der Waals surface area contributed by atoms with Crippen LogP contribution in [-0.2, 0) is 25.8 Å². The van der Waals surface area contributed by atoms with Gasteiger partial charge in [-0.05, 0) is 48.1 Å². The van der Waals surface area contributed by atoms with Crippen molar-refractivity contribution in [1.82, 2.24) is 4.98 Å². The maximum absolute atomic E-state index is 5.83. The molecule has 0 amide bonds. The third-order valence-corrected chi connectivity index (χ3v) is 4.27. The number of fused-ring (bicyclic) bond motifs is 1. The zero-order valence-corrected chi connectivity index (χ0v) is 12.7. The van der Waals surface area contributed by atoms with Gasteiger partial charge in [-0.2, -0.15) is 0 Å². The summed E-state index contributed by atoms with van der Waals surface area (Å²) in [4.78, 5) is 7.20. The van der Waals surface area contributed by atoms with E-state index in [1.807, 2.05) is 0 Å². The third-order valence-electron chi connectivity index (χ3n) is 4.27. The van der Waals surface area contributed by atoms with E-state index in [0.29, 0.717) is 6.54 Å². The SMILES string of the molecule is CCc1cc(CN)cc(N2CCc3ccccc3CC2)n1. The summed E-state index contributed by atoms with van der Waals surface area (Å²) < 4.78 is 0. The van der Waals surface area contributed by atoms with Crippen LogP contribution in [0.5, 0.6) is 0 Å². The van der Waals surface area contributed by atoms with Gasteiger partial charge in [0.05, 0.1) is 0 Å². The number of nitrogens with two attached hydrogens (primary N) is 1. The molecule has 0 fully saturated rings. The molecular formula is C18H23N3. The van der Waals surface area contributed by atoms with E-state index in [1.165, 1.54) is 16.7 Å². The van der Waals surface area contributed by atoms with Crippen LogP contribution in [0.1, 0.15) is 29.3 Å². The van der Waals surface area contributed by atoms with Gasteiger partial charge in [0.15, 0.2) is 0 Å². The molecule has 0 radical (unpaired) electrons. The van der Waals surface area contributed by atoms with E-state index in [9.17, 15) is 0 Å². The lowest BCUT2D eigenvalue weighted by atomic mass is 10.0. The van der Waals surface area contributed by atoms with Crippen LogP contribution in [0.25, 0.3) is 0 Å². The molecule has 2 aromatic rings. The lowest BCUT2D eigenvalue weighted by Gasteiger charge is -2.22. The predicted octanol–water partition coefficient (Wildman–Crippen LogP) is 2.71. The Morgan fingerprint density at radius 2 is 1.76 bits per heavy atom. The third kappa shape index (κ3) is 3.08. The van der Waals surface area contributed by atoms with Crippen molar-refractivity contribution >= 4 is 5.82 Å². The van der Waals surface area contributed by atoms with Crippen LogP contribution in [0.4, 0.5) is 5.82 Å². The Hall–Kier alpha value is -1.87. The van der Waals surface area contributed by atoms with Gasteiger partial charge in [-0.3, -0.25) is 0 Å². The van der Waals surface area contributed by atoms with Gasteiger partial charge >= 0.3 is 0 Å². The molecule has 1 aliphatic rings. The highest BCUT2D eigenvalue weighted by Gasteiger charge is 2.15. The molecule has 3 rings (SSSR count). The fourth-order valence-corrected chi connectivity index (χ4v) is 2.99. The first-order valence-corrected chi connectivity index (χ1v) is 7.81. The monoisotopic (exact) mass is 281 g/mol. The van der Waals surface area contributed by atoms with Crippen molar-refractivity contribution in [3.63, 3.8) is 0 Å². The molecule has 1 aliphatic heterocycles. The largest absolute Gasteiger partial charge is 0.356 e. The van der Waals surface area contributed by atoms with E-state index in [1.54, 1.807) is 0 Å². The van der Waals surface area contributed by atoms with Gasteiger partial charge in [0.25, 0.3) is 0 Å². The van der Waals surface area contributed by atoms with Crippen molar-refractivity contribution in [2.24, 2.45) is 5.73 Å². The summed E-state index contributed by atoms with van der Waals surface area (Å²) in [5.74, 6) is 1.09. The lowest BCUT2D eigenvalue weighted by Crippen LogP contribution is -2.27. The van der Waals surface area contributed by atoms with E-state index in [0.717, 1.165) is 43.9 Å². The Morgan fingerprint density at radius 3 is 2.33 bits per heavy atom. The molecule has 0 saturated heterocycles. The van der Waals surface area contributed by atoms with Crippen molar-refractivity contribution in [2.75, 3.05) is 18.0 Å². The molecule has 2 heterocycles. The number of benzene rings is 1. The molecule has 3 nitrogen and oxygen atoms in total. The van der Waals surface area contributed by atoms with E-state index in [4.69, 9.17) is 10.7 Å². The highest BCUT2D eigenvalue weighted by atomic mass is 15.2. The molecule has 0 unspecified atom stereocenters. The summed E-state index contributed by atoms with van der Waals surface area (Å²) in [5, 5.41) is 0. The molecule has 3 heteroatoms. The fourth-order valence-electron chi connectivity index (χ4n) is 2.99. The summed E-state index contributed by atoms with van der Waals surface area (Å²) in [6.07, 6.45) is 3.13. The highest BCUT2D eigenvalue weighted by Crippen LogP contribution is 2.21. The predicted molar refractivity (Wildman–Crippen MR) is 87.6 cm³/mol. The Labute approximate surface area is 126 Å². The van der Waals surface area contributed by atoms with Gasteiger partial charge in [-0.25, -0.2) is 4.98 Å². The van der Waals surface area contributed by atoms with Gasteiger partial charge < -0.3 is 10.6 Å². The first kappa shape index (κ1) is 14.1. The minimum absolute atomic E-state index is 0.580. The lowest BCUT2D eigenvalue weighted by molar-refractivity contribution is 0.783. The van der Waals surface area contributed by atoms with Gasteiger partial charge in [-0.1, -0.05) is 31.2 Å². The van der Waals surface area contributed by atoms with Crippen LogP contribution in [0.3, 0.4) is 0 Å². The summed E-state index contributed by atoms with van der Waals surface area (Å²) in [6, 6.07) is 13.0. The Morgan fingerprint density at radius 1 is 1.10 bits per heavy atom. The number of aromatic nitrogens is 1. The average molecular weight is 281 g/mol. The molecule has 110 valence electrons. The van der Waals surface area contributed by atoms with Crippen molar-refractivity contribution in [3.8, 4) is 0 Å². The van der Waals surface area contributed by atoms with Gasteiger partial charge in [0.2, 0.25) is 0 Å². The van der Waals surface area contributed by atoms with E-state index in [2.05, 4.69) is 48.2 Å². The second-order valence-corrected chi connectivity index (χ2v) is 5.64. The maximum atomic E-state index is 5.83. The van der Waals surface area contributed by atoms with E-state index >= 15 is 0 Å². The molecule has 0 saturated carbocycles. The van der Waals surface area contributed by atoms with Crippen molar-refractivity contribution in [1.29, 1.82) is 0 Å². The smallest absolute Gasteiger partial charge is 0.129 e. The van der Waals surface area contributed by atoms with Crippen LogP contribution in [0, 0.1) is 0 Å². The molecular weight excluding hydrogens is 258 g/mol.